The summed E-state index contributed by atoms with van der Waals surface area (Å²) < 4.78 is 0. The molecule has 3 radical (unpaired) electrons. The average molecular weight is 600 g/mol. The summed E-state index contributed by atoms with van der Waals surface area (Å²) in [4.78, 5) is 18.6. The van der Waals surface area contributed by atoms with Gasteiger partial charge in [-0.2, -0.15) is 0 Å². The minimum absolute atomic E-state index is 0. The number of nitrogen functional groups attached to an aromatic ring is 1. The number of rotatable bonds is 7. The lowest BCUT2D eigenvalue weighted by Crippen LogP contribution is -1.95. The molecule has 0 bridgehead atoms. The maximum atomic E-state index is 10.6. The summed E-state index contributed by atoms with van der Waals surface area (Å²) in [5.41, 5.74) is 10.4. The monoisotopic (exact) mass is 599 g/mol. The predicted octanol–water partition coefficient (Wildman–Crippen LogP) is 6.39. The number of pyridine rings is 2. The van der Waals surface area contributed by atoms with E-state index in [4.69, 9.17) is 39.1 Å². The van der Waals surface area contributed by atoms with Gasteiger partial charge in [-0.15, -0.1) is 0 Å². The summed E-state index contributed by atoms with van der Waals surface area (Å²) >= 11 is 12.1. The lowest BCUT2D eigenvalue weighted by molar-refractivity contribution is -0.384. The van der Waals surface area contributed by atoms with Crippen LogP contribution in [-0.2, 0) is 25.7 Å². The molecule has 219 valence electrons. The first-order valence-electron chi connectivity index (χ1n) is 12.2. The highest BCUT2D eigenvalue weighted by atomic mass is 35.5. The van der Waals surface area contributed by atoms with Crippen molar-refractivity contribution >= 4 is 43.0 Å². The number of hydrogen-bond donors (Lipinski definition) is 3. The number of halogens is 2. The lowest BCUT2D eigenvalue weighted by atomic mass is 10.1. The Hall–Kier alpha value is -3.50. The molecule has 4 N–H and O–H groups in total. The van der Waals surface area contributed by atoms with E-state index in [-0.39, 0.29) is 28.1 Å². The first-order chi connectivity index (χ1) is 18.8. The van der Waals surface area contributed by atoms with Gasteiger partial charge < -0.3 is 15.9 Å². The first kappa shape index (κ1) is 39.6. The number of hydrogen-bond acceptors (Lipinski definition) is 7. The second-order valence-corrected chi connectivity index (χ2v) is 8.66. The number of benzene rings is 2. The van der Waals surface area contributed by atoms with Crippen LogP contribution in [0.1, 0.15) is 36.9 Å². The molecule has 0 atom stereocenters. The number of nitro benzene ring substituents is 1. The van der Waals surface area contributed by atoms with Gasteiger partial charge in [0.1, 0.15) is 0 Å². The Morgan fingerprint density at radius 2 is 1.24 bits per heavy atom. The fourth-order valence-electron chi connectivity index (χ4n) is 3.24. The molecule has 4 rings (SSSR count). The largest absolute Gasteiger partial charge is 0.400 e. The van der Waals surface area contributed by atoms with E-state index in [2.05, 4.69) is 9.97 Å². The van der Waals surface area contributed by atoms with E-state index in [1.165, 1.54) is 12.1 Å². The number of aliphatic hydroxyl groups is 2. The Balaban J connectivity index is 0. The van der Waals surface area contributed by atoms with Crippen LogP contribution in [0.3, 0.4) is 0 Å². The predicted molar refractivity (Wildman–Crippen MR) is 171 cm³/mol. The third-order valence-corrected chi connectivity index (χ3v) is 5.78. The molecule has 0 fully saturated rings. The SMILES string of the molecule is C.CCO.CO.Nc1ccc(CCc2ccccn2)c(Cl)c1.O=[N+]([O-])c1ccc(CCc2ccccn2)c(Cl)c1.[B]. The number of aliphatic hydroxyl groups excluding tert-OH is 2. The summed E-state index contributed by atoms with van der Waals surface area (Å²) in [5.74, 6) is 0. The van der Waals surface area contributed by atoms with Crippen molar-refractivity contribution < 1.29 is 15.1 Å². The van der Waals surface area contributed by atoms with Crippen molar-refractivity contribution in [3.63, 3.8) is 0 Å². The molecule has 0 saturated heterocycles. The molecule has 0 saturated carbocycles. The molecule has 0 aliphatic heterocycles. The van der Waals surface area contributed by atoms with Crippen LogP contribution in [-0.4, -0.2) is 47.2 Å². The molecule has 0 aliphatic carbocycles. The number of nitrogens with zero attached hydrogens (tertiary/aromatic N) is 3. The van der Waals surface area contributed by atoms with Gasteiger partial charge in [0.15, 0.2) is 0 Å². The summed E-state index contributed by atoms with van der Waals surface area (Å²) in [6.45, 7) is 1.93. The zero-order valence-corrected chi connectivity index (χ0v) is 24.1. The number of aryl methyl sites for hydroxylation is 4. The second-order valence-electron chi connectivity index (χ2n) is 7.84. The third-order valence-electron chi connectivity index (χ3n) is 5.08. The van der Waals surface area contributed by atoms with Crippen LogP contribution in [0.5, 0.6) is 0 Å². The fraction of sp³-hybridized carbons (Fsp3) is 0.267. The summed E-state index contributed by atoms with van der Waals surface area (Å²) in [7, 11) is 1.00. The first-order valence-corrected chi connectivity index (χ1v) is 12.9. The number of non-ortho nitro benzene ring substituents is 1. The molecular formula is C30H38BCl2N4O4. The minimum Gasteiger partial charge on any atom is -0.400 e. The van der Waals surface area contributed by atoms with E-state index in [1.807, 2.05) is 48.5 Å². The molecule has 0 spiro atoms. The van der Waals surface area contributed by atoms with Crippen molar-refractivity contribution in [2.75, 3.05) is 19.5 Å². The Morgan fingerprint density at radius 3 is 1.61 bits per heavy atom. The van der Waals surface area contributed by atoms with Crippen molar-refractivity contribution in [2.45, 2.75) is 40.0 Å². The summed E-state index contributed by atoms with van der Waals surface area (Å²) in [6.07, 6.45) is 6.81. The number of nitro groups is 1. The zero-order chi connectivity index (χ0) is 29.0. The van der Waals surface area contributed by atoms with E-state index in [0.717, 1.165) is 53.9 Å². The zero-order valence-electron chi connectivity index (χ0n) is 22.6. The van der Waals surface area contributed by atoms with Crippen molar-refractivity contribution in [3.8, 4) is 0 Å². The fourth-order valence-corrected chi connectivity index (χ4v) is 3.79. The molecule has 0 amide bonds. The molecule has 0 unspecified atom stereocenters. The molecule has 4 aromatic rings. The van der Waals surface area contributed by atoms with Crippen LogP contribution in [0.15, 0.2) is 85.2 Å². The molecule has 2 aromatic heterocycles. The maximum absolute atomic E-state index is 10.6. The molecule has 2 aromatic carbocycles. The quantitative estimate of drug-likeness (QED) is 0.0968. The van der Waals surface area contributed by atoms with Crippen LogP contribution >= 0.6 is 23.2 Å². The standard InChI is InChI=1S/C13H11ClN2O2.C13H13ClN2.C2H6O.CH4O.CH4.B/c14-13-9-12(16(17)18)7-5-10(13)4-6-11-3-1-2-8-15-11;14-13-9-11(15)6-4-10(13)5-7-12-3-1-2-8-16-12;1-2-3;1-2;;/h1-3,5,7-9H,4,6H2;1-4,6,8-9H,5,7,15H2;3H,2H2,1H3;2H,1H3;1H4;. The van der Waals surface area contributed by atoms with Crippen molar-refractivity contribution in [1.82, 2.24) is 9.97 Å². The highest BCUT2D eigenvalue weighted by molar-refractivity contribution is 6.31. The van der Waals surface area contributed by atoms with Gasteiger partial charge >= 0.3 is 0 Å². The smallest absolute Gasteiger partial charge is 0.270 e. The molecule has 8 nitrogen and oxygen atoms in total. The molecule has 2 heterocycles. The highest BCUT2D eigenvalue weighted by Crippen LogP contribution is 2.23. The summed E-state index contributed by atoms with van der Waals surface area (Å²) in [6, 6.07) is 21.9. The molecular weight excluding hydrogens is 562 g/mol. The van der Waals surface area contributed by atoms with E-state index in [9.17, 15) is 10.1 Å². The Kier molecular flexibility index (Phi) is 22.5. The van der Waals surface area contributed by atoms with Crippen LogP contribution in [0, 0.1) is 10.1 Å². The van der Waals surface area contributed by atoms with Gasteiger partial charge in [0.25, 0.3) is 5.69 Å². The third kappa shape index (κ3) is 15.8. The van der Waals surface area contributed by atoms with Gasteiger partial charge in [0, 0.05) is 68.8 Å². The van der Waals surface area contributed by atoms with Crippen LogP contribution in [0.4, 0.5) is 11.4 Å². The Morgan fingerprint density at radius 1 is 0.805 bits per heavy atom. The van der Waals surface area contributed by atoms with Crippen molar-refractivity contribution in [2.24, 2.45) is 0 Å². The second kappa shape index (κ2) is 23.2. The van der Waals surface area contributed by atoms with Crippen LogP contribution < -0.4 is 5.73 Å². The maximum Gasteiger partial charge on any atom is 0.270 e. The lowest BCUT2D eigenvalue weighted by Gasteiger charge is -2.04. The molecule has 11 heteroatoms. The Labute approximate surface area is 254 Å². The average Bonchev–Trinajstić information content (AvgIpc) is 2.95. The van der Waals surface area contributed by atoms with Gasteiger partial charge in [-0.25, -0.2) is 0 Å². The highest BCUT2D eigenvalue weighted by Gasteiger charge is 2.09. The number of nitrogens with two attached hydrogens (primary N) is 1. The van der Waals surface area contributed by atoms with E-state index >= 15 is 0 Å². The van der Waals surface area contributed by atoms with E-state index < -0.39 is 4.92 Å². The van der Waals surface area contributed by atoms with E-state index in [1.54, 1.807) is 31.5 Å². The van der Waals surface area contributed by atoms with Crippen molar-refractivity contribution in [3.05, 3.63) is 128 Å². The molecule has 41 heavy (non-hydrogen) atoms. The van der Waals surface area contributed by atoms with Gasteiger partial charge in [-0.05, 0) is 80.1 Å². The van der Waals surface area contributed by atoms with Crippen LogP contribution in [0.25, 0.3) is 0 Å². The van der Waals surface area contributed by atoms with Gasteiger partial charge in [0.05, 0.1) is 9.95 Å². The van der Waals surface area contributed by atoms with E-state index in [0.29, 0.717) is 17.1 Å². The van der Waals surface area contributed by atoms with Crippen molar-refractivity contribution in [1.29, 1.82) is 0 Å². The Bertz CT molecular complexity index is 1250. The normalized spacial score (nSPS) is 9.12. The van der Waals surface area contributed by atoms with Gasteiger partial charge in [0.2, 0.25) is 0 Å². The number of anilines is 1. The number of aromatic nitrogens is 2. The van der Waals surface area contributed by atoms with Crippen LogP contribution in [0.2, 0.25) is 10.0 Å². The topological polar surface area (TPSA) is 135 Å². The van der Waals surface area contributed by atoms with Gasteiger partial charge in [-0.3, -0.25) is 20.1 Å². The summed E-state index contributed by atoms with van der Waals surface area (Å²) in [5, 5.41) is 26.3. The minimum atomic E-state index is -0.450. The molecule has 0 aliphatic rings. The van der Waals surface area contributed by atoms with Gasteiger partial charge in [-0.1, -0.05) is 54.9 Å².